The molecule has 0 saturated carbocycles. The number of piperazine rings is 1. The molecule has 1 atom stereocenters. The second-order valence-corrected chi connectivity index (χ2v) is 6.67. The van der Waals surface area contributed by atoms with Gasteiger partial charge in [-0.25, -0.2) is 0 Å². The smallest absolute Gasteiger partial charge is 0.322 e. The molecule has 0 aliphatic carbocycles. The maximum absolute atomic E-state index is 10.7. The van der Waals surface area contributed by atoms with E-state index in [9.17, 15) is 4.79 Å². The van der Waals surface area contributed by atoms with E-state index in [1.165, 1.54) is 5.82 Å². The Morgan fingerprint density at radius 3 is 2.88 bits per heavy atom. The van der Waals surface area contributed by atoms with Gasteiger partial charge in [0.05, 0.1) is 0 Å². The molecule has 8 heteroatoms. The molecule has 0 spiro atoms. The van der Waals surface area contributed by atoms with Gasteiger partial charge in [0, 0.05) is 26.2 Å². The third kappa shape index (κ3) is 5.16. The molecule has 0 radical (unpaired) electrons. The maximum Gasteiger partial charge on any atom is 0.322 e. The highest BCUT2D eigenvalue weighted by atomic mass is 32.5. The van der Waals surface area contributed by atoms with E-state index in [0.717, 1.165) is 6.54 Å². The highest BCUT2D eigenvalue weighted by molar-refractivity contribution is 8.10. The molecule has 1 rings (SSSR count). The summed E-state index contributed by atoms with van der Waals surface area (Å²) in [5, 5.41) is 11.7. The second-order valence-electron chi connectivity index (χ2n) is 3.58. The number of nitrogens with zero attached hydrogens (tertiary/aromatic N) is 1. The zero-order valence-electron chi connectivity index (χ0n) is 8.61. The second kappa shape index (κ2) is 5.86. The van der Waals surface area contributed by atoms with Gasteiger partial charge in [-0.3, -0.25) is 9.69 Å². The third-order valence-corrected chi connectivity index (χ3v) is 3.19. The number of hydrogen-bond acceptors (Lipinski definition) is 4. The molecule has 6 nitrogen and oxygen atoms in total. The highest BCUT2D eigenvalue weighted by Crippen LogP contribution is 2.36. The van der Waals surface area contributed by atoms with Crippen molar-refractivity contribution in [1.82, 2.24) is 10.2 Å². The number of aliphatic carboxylic acids is 1. The summed E-state index contributed by atoms with van der Waals surface area (Å²) < 4.78 is 0. The van der Waals surface area contributed by atoms with Crippen molar-refractivity contribution in [3.8, 4) is 0 Å². The van der Waals surface area contributed by atoms with E-state index in [-0.39, 0.29) is 0 Å². The average molecular weight is 266 g/mol. The fourth-order valence-electron chi connectivity index (χ4n) is 1.48. The Labute approximate surface area is 98.7 Å². The van der Waals surface area contributed by atoms with Gasteiger partial charge >= 0.3 is 5.97 Å². The summed E-state index contributed by atoms with van der Waals surface area (Å²) in [6.45, 7) is -1.06. The largest absolute Gasteiger partial charge is 0.480 e. The molecular weight excluding hydrogens is 251 g/mol. The average Bonchev–Trinajstić information content (AvgIpc) is 2.16. The van der Waals surface area contributed by atoms with E-state index in [2.05, 4.69) is 17.1 Å². The molecule has 1 fully saturated rings. The van der Waals surface area contributed by atoms with Crippen molar-refractivity contribution in [2.24, 2.45) is 0 Å². The van der Waals surface area contributed by atoms with Crippen LogP contribution >= 0.6 is 6.49 Å². The molecule has 16 heavy (non-hydrogen) atoms. The Balaban J connectivity index is 2.41. The number of rotatable bonds is 4. The van der Waals surface area contributed by atoms with Crippen LogP contribution < -0.4 is 5.32 Å². The number of nitrogens with one attached hydrogen (secondary N) is 1. The summed E-state index contributed by atoms with van der Waals surface area (Å²) in [5.74, 6) is 0.336. The van der Waals surface area contributed by atoms with Gasteiger partial charge in [-0.2, -0.15) is 0 Å². The van der Waals surface area contributed by atoms with E-state index in [1.54, 1.807) is 6.08 Å². The van der Waals surface area contributed by atoms with Crippen molar-refractivity contribution < 1.29 is 19.7 Å². The lowest BCUT2D eigenvalue weighted by molar-refractivity contribution is -0.140. The van der Waals surface area contributed by atoms with E-state index in [4.69, 9.17) is 14.9 Å². The molecule has 1 aliphatic heterocycles. The van der Waals surface area contributed by atoms with Crippen LogP contribution in [0.1, 0.15) is 0 Å². The lowest BCUT2D eigenvalue weighted by atomic mass is 10.2. The van der Waals surface area contributed by atoms with Crippen LogP contribution in [0.25, 0.3) is 0 Å². The molecule has 1 heterocycles. The Bertz CT molecular complexity index is 330. The van der Waals surface area contributed by atoms with Crippen molar-refractivity contribution in [2.45, 2.75) is 6.04 Å². The van der Waals surface area contributed by atoms with Crippen molar-refractivity contribution in [2.75, 3.05) is 26.2 Å². The van der Waals surface area contributed by atoms with Gasteiger partial charge in [0.2, 0.25) is 6.49 Å². The SMILES string of the molecule is O=C(O)[C@H]1CN(CC=CP(O)(O)=S)CCN1. The standard InChI is InChI=1S/C8H15N2O4PS/c11-8(12)7-6-10(4-2-9-7)3-1-5-15(13,14)16/h1,5,7,9H,2-4,6H2,(H,11,12)(H2,13,14,16)/t7-/m1/s1. The molecule has 0 bridgehead atoms. The molecule has 0 unspecified atom stereocenters. The van der Waals surface area contributed by atoms with Crippen molar-refractivity contribution in [3.05, 3.63) is 11.9 Å². The molecule has 0 aromatic carbocycles. The Morgan fingerprint density at radius 2 is 2.31 bits per heavy atom. The van der Waals surface area contributed by atoms with Crippen LogP contribution in [0.4, 0.5) is 0 Å². The number of carboxylic acids is 1. The summed E-state index contributed by atoms with van der Waals surface area (Å²) in [5.41, 5.74) is 0. The number of hydrogen-bond donors (Lipinski definition) is 4. The van der Waals surface area contributed by atoms with Gasteiger partial charge in [0.1, 0.15) is 6.04 Å². The number of carboxylic acid groups (broad SMARTS) is 1. The Hall–Kier alpha value is -0.300. The molecule has 0 aromatic rings. The van der Waals surface area contributed by atoms with Gasteiger partial charge in [-0.1, -0.05) is 6.08 Å². The molecule has 0 amide bonds. The van der Waals surface area contributed by atoms with Gasteiger partial charge in [-0.05, 0) is 17.6 Å². The van der Waals surface area contributed by atoms with Crippen molar-refractivity contribution in [3.63, 3.8) is 0 Å². The first-order chi connectivity index (χ1) is 7.38. The van der Waals surface area contributed by atoms with Gasteiger partial charge < -0.3 is 20.2 Å². The summed E-state index contributed by atoms with van der Waals surface area (Å²) in [6.07, 6.45) is 1.57. The van der Waals surface area contributed by atoms with Gasteiger partial charge in [0.25, 0.3) is 0 Å². The zero-order chi connectivity index (χ0) is 12.2. The summed E-state index contributed by atoms with van der Waals surface area (Å²) in [6, 6.07) is -0.562. The Kier molecular flexibility index (Phi) is 5.04. The van der Waals surface area contributed by atoms with E-state index >= 15 is 0 Å². The quantitative estimate of drug-likeness (QED) is 0.493. The Morgan fingerprint density at radius 1 is 1.62 bits per heavy atom. The molecule has 1 aliphatic rings. The molecule has 0 aromatic heterocycles. The number of carbonyl (C=O) groups is 1. The fraction of sp³-hybridized carbons (Fsp3) is 0.625. The summed E-state index contributed by atoms with van der Waals surface area (Å²) in [7, 11) is 0. The van der Waals surface area contributed by atoms with Crippen molar-refractivity contribution in [1.29, 1.82) is 0 Å². The lowest BCUT2D eigenvalue weighted by Crippen LogP contribution is -2.54. The van der Waals surface area contributed by atoms with Crippen LogP contribution in [-0.2, 0) is 16.6 Å². The van der Waals surface area contributed by atoms with Crippen LogP contribution in [0.15, 0.2) is 11.9 Å². The molecule has 4 N–H and O–H groups in total. The van der Waals surface area contributed by atoms with Crippen LogP contribution in [0.3, 0.4) is 0 Å². The van der Waals surface area contributed by atoms with Crippen molar-refractivity contribution >= 4 is 24.3 Å². The molecular formula is C8H15N2O4PS. The van der Waals surface area contributed by atoms with E-state index < -0.39 is 18.5 Å². The zero-order valence-corrected chi connectivity index (χ0v) is 10.3. The first-order valence-corrected chi connectivity index (χ1v) is 7.57. The highest BCUT2D eigenvalue weighted by Gasteiger charge is 2.23. The normalized spacial score (nSPS) is 23.8. The topological polar surface area (TPSA) is 93.0 Å². The third-order valence-electron chi connectivity index (χ3n) is 2.22. The van der Waals surface area contributed by atoms with E-state index in [1.807, 2.05) is 4.90 Å². The summed E-state index contributed by atoms with van der Waals surface area (Å²) >= 11 is 4.43. The minimum absolute atomic E-state index is 0.402. The van der Waals surface area contributed by atoms with E-state index in [0.29, 0.717) is 19.6 Å². The maximum atomic E-state index is 10.7. The molecule has 1 saturated heterocycles. The predicted octanol–water partition coefficient (Wildman–Crippen LogP) is -0.847. The van der Waals surface area contributed by atoms with Gasteiger partial charge in [0.15, 0.2) is 0 Å². The fourth-order valence-corrected chi connectivity index (χ4v) is 2.10. The predicted molar refractivity (Wildman–Crippen MR) is 63.7 cm³/mol. The molecule has 92 valence electrons. The minimum atomic E-state index is -3.27. The first kappa shape index (κ1) is 13.8. The monoisotopic (exact) mass is 266 g/mol. The van der Waals surface area contributed by atoms with Crippen LogP contribution in [0.2, 0.25) is 0 Å². The van der Waals surface area contributed by atoms with Gasteiger partial charge in [-0.15, -0.1) is 0 Å². The van der Waals surface area contributed by atoms with Crippen LogP contribution in [-0.4, -0.2) is 58.0 Å². The first-order valence-electron chi connectivity index (χ1n) is 4.80. The lowest BCUT2D eigenvalue weighted by Gasteiger charge is -2.30. The minimum Gasteiger partial charge on any atom is -0.480 e. The van der Waals surface area contributed by atoms with Crippen LogP contribution in [0, 0.1) is 0 Å². The summed E-state index contributed by atoms with van der Waals surface area (Å²) in [4.78, 5) is 30.6. The van der Waals surface area contributed by atoms with Crippen LogP contribution in [0.5, 0.6) is 0 Å².